The van der Waals surface area contributed by atoms with E-state index < -0.39 is 5.41 Å². The first kappa shape index (κ1) is 10.2. The lowest BCUT2D eigenvalue weighted by molar-refractivity contribution is -0.124. The number of carbonyl (C=O) groups is 1. The average Bonchev–Trinajstić information content (AvgIpc) is 2.93. The van der Waals surface area contributed by atoms with Crippen LogP contribution in [0, 0.1) is 12.3 Å². The summed E-state index contributed by atoms with van der Waals surface area (Å²) in [5.41, 5.74) is -0.532. The molecule has 2 rings (SSSR count). The molecule has 1 aliphatic carbocycles. The maximum absolute atomic E-state index is 12.0. The highest BCUT2D eigenvalue weighted by Gasteiger charge is 2.51. The second-order valence-electron chi connectivity index (χ2n) is 4.19. The Morgan fingerprint density at radius 1 is 1.60 bits per heavy atom. The average molecular weight is 209 g/mol. The monoisotopic (exact) mass is 209 g/mol. The Kier molecular flexibility index (Phi) is 2.31. The predicted octanol–water partition coefficient (Wildman–Crippen LogP) is 1.32. The summed E-state index contributed by atoms with van der Waals surface area (Å²) >= 11 is 0. The Balaban J connectivity index is 2.15. The summed E-state index contributed by atoms with van der Waals surface area (Å²) in [4.78, 5) is 13.5. The van der Waals surface area contributed by atoms with E-state index >= 15 is 0 Å². The zero-order valence-corrected chi connectivity index (χ0v) is 8.99. The minimum absolute atomic E-state index is 0.0562. The quantitative estimate of drug-likeness (QED) is 0.816. The fourth-order valence-electron chi connectivity index (χ4n) is 1.65. The molecule has 1 fully saturated rings. The van der Waals surface area contributed by atoms with Crippen LogP contribution in [0.2, 0.25) is 0 Å². The van der Waals surface area contributed by atoms with Crippen molar-refractivity contribution in [3.63, 3.8) is 0 Å². The molecular weight excluding hydrogens is 194 g/mol. The number of rotatable bonds is 3. The maximum Gasteiger partial charge on any atom is 0.237 e. The number of aliphatic hydroxyl groups is 1. The minimum Gasteiger partial charge on any atom is -0.445 e. The lowest BCUT2D eigenvalue weighted by Crippen LogP contribution is -2.35. The third-order valence-electron chi connectivity index (χ3n) is 2.97. The van der Waals surface area contributed by atoms with Crippen LogP contribution in [-0.2, 0) is 4.79 Å². The van der Waals surface area contributed by atoms with Gasteiger partial charge < -0.3 is 9.52 Å². The summed E-state index contributed by atoms with van der Waals surface area (Å²) < 4.78 is 5.36. The highest BCUT2D eigenvalue weighted by Crippen LogP contribution is 2.47. The Bertz CT molecular complexity index is 379. The molecule has 4 nitrogen and oxygen atoms in total. The van der Waals surface area contributed by atoms with E-state index in [9.17, 15) is 4.79 Å². The van der Waals surface area contributed by atoms with E-state index in [-0.39, 0.29) is 12.5 Å². The molecule has 1 aliphatic rings. The van der Waals surface area contributed by atoms with Crippen LogP contribution >= 0.6 is 0 Å². The summed E-state index contributed by atoms with van der Waals surface area (Å²) in [5, 5.41) is 9.15. The predicted molar refractivity (Wildman–Crippen MR) is 55.6 cm³/mol. The van der Waals surface area contributed by atoms with Gasteiger partial charge in [0.2, 0.25) is 11.8 Å². The van der Waals surface area contributed by atoms with Gasteiger partial charge in [0, 0.05) is 13.1 Å². The molecular formula is C11H15NO3. The number of hydrogen-bond acceptors (Lipinski definition) is 3. The topological polar surface area (TPSA) is 53.7 Å². The van der Waals surface area contributed by atoms with Crippen molar-refractivity contribution < 1.29 is 14.3 Å². The van der Waals surface area contributed by atoms with Gasteiger partial charge in [-0.15, -0.1) is 0 Å². The molecule has 0 spiro atoms. The van der Waals surface area contributed by atoms with Crippen LogP contribution in [0.25, 0.3) is 0 Å². The molecule has 1 heterocycles. The van der Waals surface area contributed by atoms with Crippen molar-refractivity contribution in [2.45, 2.75) is 19.8 Å². The Labute approximate surface area is 88.5 Å². The van der Waals surface area contributed by atoms with Gasteiger partial charge in [-0.3, -0.25) is 9.69 Å². The summed E-state index contributed by atoms with van der Waals surface area (Å²) in [7, 11) is 1.68. The van der Waals surface area contributed by atoms with Crippen LogP contribution in [0.3, 0.4) is 0 Å². The number of aryl methyl sites for hydroxylation is 1. The molecule has 15 heavy (non-hydrogen) atoms. The molecule has 4 heteroatoms. The van der Waals surface area contributed by atoms with Gasteiger partial charge in [-0.2, -0.15) is 0 Å². The fraction of sp³-hybridized carbons (Fsp3) is 0.545. The van der Waals surface area contributed by atoms with Crippen molar-refractivity contribution in [3.8, 4) is 0 Å². The first-order chi connectivity index (χ1) is 7.09. The van der Waals surface area contributed by atoms with Gasteiger partial charge in [0.15, 0.2) is 0 Å². The van der Waals surface area contributed by atoms with Crippen molar-refractivity contribution >= 4 is 11.8 Å². The molecule has 1 aromatic rings. The van der Waals surface area contributed by atoms with Crippen LogP contribution in [0.15, 0.2) is 16.5 Å². The van der Waals surface area contributed by atoms with Crippen LogP contribution in [0.1, 0.15) is 18.6 Å². The van der Waals surface area contributed by atoms with Gasteiger partial charge in [-0.25, -0.2) is 0 Å². The van der Waals surface area contributed by atoms with Gasteiger partial charge >= 0.3 is 0 Å². The lowest BCUT2D eigenvalue weighted by atomic mass is 10.1. The van der Waals surface area contributed by atoms with Crippen molar-refractivity contribution in [1.82, 2.24) is 0 Å². The maximum atomic E-state index is 12.0. The molecule has 1 saturated carbocycles. The van der Waals surface area contributed by atoms with E-state index in [0.29, 0.717) is 5.88 Å². The van der Waals surface area contributed by atoms with E-state index in [4.69, 9.17) is 9.52 Å². The third kappa shape index (κ3) is 1.65. The molecule has 0 saturated heterocycles. The van der Waals surface area contributed by atoms with Gasteiger partial charge in [-0.05, 0) is 25.8 Å². The molecule has 0 radical (unpaired) electrons. The molecule has 0 unspecified atom stereocenters. The molecule has 0 aromatic carbocycles. The van der Waals surface area contributed by atoms with Gasteiger partial charge in [0.25, 0.3) is 0 Å². The molecule has 0 aliphatic heterocycles. The first-order valence-electron chi connectivity index (χ1n) is 5.04. The summed E-state index contributed by atoms with van der Waals surface area (Å²) in [5.74, 6) is 1.26. The van der Waals surface area contributed by atoms with Gasteiger partial charge in [0.1, 0.15) is 5.76 Å². The van der Waals surface area contributed by atoms with E-state index in [0.717, 1.165) is 18.6 Å². The fourth-order valence-corrected chi connectivity index (χ4v) is 1.65. The van der Waals surface area contributed by atoms with Crippen LogP contribution < -0.4 is 4.90 Å². The van der Waals surface area contributed by atoms with Crippen LogP contribution in [-0.4, -0.2) is 24.7 Å². The van der Waals surface area contributed by atoms with Crippen molar-refractivity contribution in [3.05, 3.63) is 17.9 Å². The van der Waals surface area contributed by atoms with Gasteiger partial charge in [-0.1, -0.05) is 0 Å². The second kappa shape index (κ2) is 3.38. The highest BCUT2D eigenvalue weighted by atomic mass is 16.4. The number of carbonyl (C=O) groups excluding carboxylic acids is 1. The van der Waals surface area contributed by atoms with E-state index in [1.807, 2.05) is 13.0 Å². The highest BCUT2D eigenvalue weighted by molar-refractivity contribution is 5.98. The molecule has 82 valence electrons. The largest absolute Gasteiger partial charge is 0.445 e. The van der Waals surface area contributed by atoms with Crippen LogP contribution in [0.4, 0.5) is 5.88 Å². The van der Waals surface area contributed by atoms with Crippen molar-refractivity contribution in [2.75, 3.05) is 18.6 Å². The van der Waals surface area contributed by atoms with Crippen molar-refractivity contribution in [2.24, 2.45) is 5.41 Å². The second-order valence-corrected chi connectivity index (χ2v) is 4.19. The third-order valence-corrected chi connectivity index (χ3v) is 2.97. The standard InChI is InChI=1S/C11H15NO3/c1-8-3-4-9(15-8)12(2)10(14)11(7-13)5-6-11/h3-4,13H,5-7H2,1-2H3. The zero-order chi connectivity index (χ0) is 11.1. The van der Waals surface area contributed by atoms with E-state index in [1.54, 1.807) is 13.1 Å². The molecule has 0 bridgehead atoms. The van der Waals surface area contributed by atoms with Crippen molar-refractivity contribution in [1.29, 1.82) is 0 Å². The van der Waals surface area contributed by atoms with E-state index in [2.05, 4.69) is 0 Å². The number of furan rings is 1. The number of aliphatic hydroxyl groups excluding tert-OH is 1. The van der Waals surface area contributed by atoms with E-state index in [1.165, 1.54) is 4.90 Å². The number of anilines is 1. The first-order valence-corrected chi connectivity index (χ1v) is 5.04. The Morgan fingerprint density at radius 3 is 2.67 bits per heavy atom. The molecule has 1 N–H and O–H groups in total. The van der Waals surface area contributed by atoms with Gasteiger partial charge in [0.05, 0.1) is 12.0 Å². The van der Waals surface area contributed by atoms with Crippen LogP contribution in [0.5, 0.6) is 0 Å². The number of amides is 1. The smallest absolute Gasteiger partial charge is 0.237 e. The Morgan fingerprint density at radius 2 is 2.27 bits per heavy atom. The summed E-state index contributed by atoms with van der Waals surface area (Å²) in [6.07, 6.45) is 1.54. The zero-order valence-electron chi connectivity index (χ0n) is 8.99. The summed E-state index contributed by atoms with van der Waals surface area (Å²) in [6, 6.07) is 3.58. The minimum atomic E-state index is -0.532. The Hall–Kier alpha value is -1.29. The normalized spacial score (nSPS) is 17.5. The lowest BCUT2D eigenvalue weighted by Gasteiger charge is -2.19. The molecule has 1 aromatic heterocycles. The molecule has 0 atom stereocenters. The SMILES string of the molecule is Cc1ccc(N(C)C(=O)C2(CO)CC2)o1. The number of nitrogens with zero attached hydrogens (tertiary/aromatic N) is 1. The summed E-state index contributed by atoms with van der Waals surface area (Å²) in [6.45, 7) is 1.76. The molecule has 1 amide bonds. The number of hydrogen-bond donors (Lipinski definition) is 1.